The van der Waals surface area contributed by atoms with Crippen molar-refractivity contribution in [3.05, 3.63) is 59.7 Å². The van der Waals surface area contributed by atoms with Gasteiger partial charge in [0.15, 0.2) is 0 Å². The maximum Gasteiger partial charge on any atom is 0.241 e. The third-order valence-corrected chi connectivity index (χ3v) is 5.60. The fourth-order valence-electron chi connectivity index (χ4n) is 2.54. The largest absolute Gasteiger partial charge is 0.496 e. The van der Waals surface area contributed by atoms with Gasteiger partial charge in [-0.2, -0.15) is 4.72 Å². The van der Waals surface area contributed by atoms with Crippen molar-refractivity contribution >= 4 is 15.9 Å². The summed E-state index contributed by atoms with van der Waals surface area (Å²) in [5.41, 5.74) is 1.65. The molecule has 2 aromatic carbocycles. The van der Waals surface area contributed by atoms with Crippen molar-refractivity contribution in [3.63, 3.8) is 0 Å². The maximum absolute atomic E-state index is 12.5. The van der Waals surface area contributed by atoms with Crippen LogP contribution >= 0.6 is 0 Å². The van der Waals surface area contributed by atoms with E-state index in [1.165, 1.54) is 26.2 Å². The Balaban J connectivity index is 2.06. The second-order valence-corrected chi connectivity index (χ2v) is 7.83. The first-order valence-corrected chi connectivity index (χ1v) is 9.75. The van der Waals surface area contributed by atoms with Gasteiger partial charge in [0.25, 0.3) is 0 Å². The van der Waals surface area contributed by atoms with E-state index in [4.69, 9.17) is 4.74 Å². The summed E-state index contributed by atoms with van der Waals surface area (Å²) >= 11 is 0. The number of hydrogen-bond acceptors (Lipinski definition) is 4. The summed E-state index contributed by atoms with van der Waals surface area (Å²) in [6.07, 6.45) is 0. The van der Waals surface area contributed by atoms with Gasteiger partial charge in [0.05, 0.1) is 24.1 Å². The first-order chi connectivity index (χ1) is 12.2. The topological polar surface area (TPSA) is 84.5 Å². The quantitative estimate of drug-likeness (QED) is 0.778. The van der Waals surface area contributed by atoms with Crippen molar-refractivity contribution in [2.45, 2.75) is 37.8 Å². The zero-order chi connectivity index (χ0) is 19.3. The lowest BCUT2D eigenvalue weighted by atomic mass is 10.1. The normalized spacial score (nSPS) is 13.7. The highest BCUT2D eigenvalue weighted by Crippen LogP contribution is 2.21. The lowest BCUT2D eigenvalue weighted by Crippen LogP contribution is -2.45. The van der Waals surface area contributed by atoms with Crippen LogP contribution in [0.15, 0.2) is 53.4 Å². The molecule has 0 saturated carbocycles. The van der Waals surface area contributed by atoms with Crippen LogP contribution in [0.1, 0.15) is 31.0 Å². The molecule has 0 heterocycles. The standard InChI is InChI=1S/C19H24N2O4S/c1-13-12-17(10-11-18(13)25-4)26(23,24)21-15(3)19(22)20-14(2)16-8-6-5-7-9-16/h5-12,14-15,21H,1-4H3,(H,20,22)/t14-,15+/m1/s1. The average Bonchev–Trinajstić information content (AvgIpc) is 2.61. The Morgan fingerprint density at radius 3 is 2.31 bits per heavy atom. The van der Waals surface area contributed by atoms with Crippen LogP contribution in [-0.2, 0) is 14.8 Å². The highest BCUT2D eigenvalue weighted by atomic mass is 32.2. The lowest BCUT2D eigenvalue weighted by molar-refractivity contribution is -0.123. The minimum absolute atomic E-state index is 0.0894. The fraction of sp³-hybridized carbons (Fsp3) is 0.316. The van der Waals surface area contributed by atoms with Gasteiger partial charge in [-0.1, -0.05) is 30.3 Å². The molecule has 0 saturated heterocycles. The summed E-state index contributed by atoms with van der Waals surface area (Å²) in [6, 6.07) is 12.9. The summed E-state index contributed by atoms with van der Waals surface area (Å²) in [4.78, 5) is 12.4. The number of nitrogens with one attached hydrogen (secondary N) is 2. The van der Waals surface area contributed by atoms with Crippen LogP contribution in [0, 0.1) is 6.92 Å². The van der Waals surface area contributed by atoms with Crippen LogP contribution in [-0.4, -0.2) is 27.5 Å². The summed E-state index contributed by atoms with van der Waals surface area (Å²) in [7, 11) is -2.30. The molecule has 0 aliphatic carbocycles. The van der Waals surface area contributed by atoms with Crippen LogP contribution in [0.5, 0.6) is 5.75 Å². The van der Waals surface area contributed by atoms with Gasteiger partial charge in [0.1, 0.15) is 5.75 Å². The Hall–Kier alpha value is -2.38. The summed E-state index contributed by atoms with van der Waals surface area (Å²) in [6.45, 7) is 5.12. The zero-order valence-electron chi connectivity index (χ0n) is 15.3. The fourth-order valence-corrected chi connectivity index (χ4v) is 3.82. The first-order valence-electron chi connectivity index (χ1n) is 8.27. The molecule has 0 unspecified atom stereocenters. The molecule has 0 radical (unpaired) electrons. The van der Waals surface area contributed by atoms with Gasteiger partial charge in [-0.15, -0.1) is 0 Å². The number of carbonyl (C=O) groups is 1. The van der Waals surface area contributed by atoms with Crippen LogP contribution in [0.25, 0.3) is 0 Å². The molecular formula is C19H24N2O4S. The number of sulfonamides is 1. The Kier molecular flexibility index (Phi) is 6.39. The number of methoxy groups -OCH3 is 1. The van der Waals surface area contributed by atoms with Crippen LogP contribution < -0.4 is 14.8 Å². The third kappa shape index (κ3) is 4.83. The highest BCUT2D eigenvalue weighted by molar-refractivity contribution is 7.89. The molecule has 2 atom stereocenters. The number of amides is 1. The van der Waals surface area contributed by atoms with E-state index in [-0.39, 0.29) is 10.9 Å². The molecule has 2 N–H and O–H groups in total. The van der Waals surface area contributed by atoms with Crippen molar-refractivity contribution < 1.29 is 17.9 Å². The molecule has 0 aliphatic rings. The molecule has 0 fully saturated rings. The number of benzene rings is 2. The SMILES string of the molecule is COc1ccc(S(=O)(=O)N[C@@H](C)C(=O)N[C@H](C)c2ccccc2)cc1C. The summed E-state index contributed by atoms with van der Waals surface area (Å²) in [5, 5.41) is 2.81. The molecule has 6 nitrogen and oxygen atoms in total. The molecule has 2 aromatic rings. The number of rotatable bonds is 7. The van der Waals surface area contributed by atoms with Crippen molar-refractivity contribution in [1.82, 2.24) is 10.0 Å². The predicted molar refractivity (Wildman–Crippen MR) is 101 cm³/mol. The smallest absolute Gasteiger partial charge is 0.241 e. The molecule has 0 spiro atoms. The molecule has 0 bridgehead atoms. The Bertz CT molecular complexity index is 866. The maximum atomic E-state index is 12.5. The van der Waals surface area contributed by atoms with E-state index in [0.29, 0.717) is 11.3 Å². The van der Waals surface area contributed by atoms with Crippen LogP contribution in [0.4, 0.5) is 0 Å². The molecule has 7 heteroatoms. The van der Waals surface area contributed by atoms with Crippen LogP contribution in [0.3, 0.4) is 0 Å². The Morgan fingerprint density at radius 2 is 1.73 bits per heavy atom. The monoisotopic (exact) mass is 376 g/mol. The van der Waals surface area contributed by atoms with Gasteiger partial charge in [0, 0.05) is 0 Å². The first kappa shape index (κ1) is 19.9. The number of aryl methyl sites for hydroxylation is 1. The number of carbonyl (C=O) groups excluding carboxylic acids is 1. The minimum atomic E-state index is -3.82. The van der Waals surface area contributed by atoms with Gasteiger partial charge in [0.2, 0.25) is 15.9 Å². The van der Waals surface area contributed by atoms with Crippen molar-refractivity contribution in [1.29, 1.82) is 0 Å². The third-order valence-electron chi connectivity index (χ3n) is 4.06. The van der Waals surface area contributed by atoms with E-state index < -0.39 is 22.0 Å². The molecule has 140 valence electrons. The number of hydrogen-bond donors (Lipinski definition) is 2. The summed E-state index contributed by atoms with van der Waals surface area (Å²) < 4.78 is 32.6. The van der Waals surface area contributed by atoms with E-state index in [2.05, 4.69) is 10.0 Å². The van der Waals surface area contributed by atoms with E-state index in [1.807, 2.05) is 37.3 Å². The van der Waals surface area contributed by atoms with Gasteiger partial charge in [-0.25, -0.2) is 8.42 Å². The Morgan fingerprint density at radius 1 is 1.08 bits per heavy atom. The molecule has 1 amide bonds. The highest BCUT2D eigenvalue weighted by Gasteiger charge is 2.23. The van der Waals surface area contributed by atoms with Crippen molar-refractivity contribution in [2.75, 3.05) is 7.11 Å². The molecule has 0 aromatic heterocycles. The zero-order valence-corrected chi connectivity index (χ0v) is 16.1. The lowest BCUT2D eigenvalue weighted by Gasteiger charge is -2.19. The second-order valence-electron chi connectivity index (χ2n) is 6.12. The van der Waals surface area contributed by atoms with E-state index in [9.17, 15) is 13.2 Å². The van der Waals surface area contributed by atoms with Crippen LogP contribution in [0.2, 0.25) is 0 Å². The van der Waals surface area contributed by atoms with Gasteiger partial charge < -0.3 is 10.1 Å². The predicted octanol–water partition coefficient (Wildman–Crippen LogP) is 2.55. The van der Waals surface area contributed by atoms with E-state index >= 15 is 0 Å². The Labute approximate surface area is 154 Å². The van der Waals surface area contributed by atoms with Gasteiger partial charge in [-0.3, -0.25) is 4.79 Å². The van der Waals surface area contributed by atoms with E-state index in [0.717, 1.165) is 5.56 Å². The second kappa shape index (κ2) is 8.33. The molecular weight excluding hydrogens is 352 g/mol. The molecule has 26 heavy (non-hydrogen) atoms. The van der Waals surface area contributed by atoms with Gasteiger partial charge >= 0.3 is 0 Å². The van der Waals surface area contributed by atoms with Crippen molar-refractivity contribution in [2.24, 2.45) is 0 Å². The number of ether oxygens (including phenoxy) is 1. The van der Waals surface area contributed by atoms with E-state index in [1.54, 1.807) is 13.0 Å². The van der Waals surface area contributed by atoms with Gasteiger partial charge in [-0.05, 0) is 50.1 Å². The average molecular weight is 376 g/mol. The minimum Gasteiger partial charge on any atom is -0.496 e. The summed E-state index contributed by atoms with van der Waals surface area (Å²) in [5.74, 6) is 0.210. The van der Waals surface area contributed by atoms with Crippen molar-refractivity contribution in [3.8, 4) is 5.75 Å². The molecule has 0 aliphatic heterocycles. The molecule has 2 rings (SSSR count).